The molecule has 34 heavy (non-hydrogen) atoms. The third-order valence-corrected chi connectivity index (χ3v) is 6.39. The van der Waals surface area contributed by atoms with Gasteiger partial charge in [-0.15, -0.1) is 0 Å². The van der Waals surface area contributed by atoms with Crippen LogP contribution < -0.4 is 10.0 Å². The largest absolute Gasteiger partial charge is 0.369 e. The van der Waals surface area contributed by atoms with E-state index in [4.69, 9.17) is 0 Å². The Balaban J connectivity index is 1.48. The quantitative estimate of drug-likeness (QED) is 0.168. The van der Waals surface area contributed by atoms with Gasteiger partial charge in [-0.05, 0) is 55.0 Å². The van der Waals surface area contributed by atoms with E-state index in [9.17, 15) is 18.0 Å². The van der Waals surface area contributed by atoms with Crippen LogP contribution in [0.5, 0.6) is 0 Å². The second-order valence-corrected chi connectivity index (χ2v) is 8.66. The van der Waals surface area contributed by atoms with Gasteiger partial charge in [0.1, 0.15) is 35.2 Å². The first-order valence-corrected chi connectivity index (χ1v) is 11.2. The highest BCUT2D eigenvalue weighted by Crippen LogP contribution is 2.33. The van der Waals surface area contributed by atoms with Crippen molar-refractivity contribution in [1.29, 1.82) is 0 Å². The molecule has 1 aliphatic carbocycles. The number of ketones is 1. The highest BCUT2D eigenvalue weighted by molar-refractivity contribution is 8.00. The lowest BCUT2D eigenvalue weighted by Gasteiger charge is -2.12. The molecule has 1 aliphatic rings. The maximum absolute atomic E-state index is 15.3. The zero-order valence-corrected chi connectivity index (χ0v) is 18.3. The van der Waals surface area contributed by atoms with Gasteiger partial charge >= 0.3 is 0 Å². The van der Waals surface area contributed by atoms with Crippen LogP contribution in [-0.2, 0) is 0 Å². The Morgan fingerprint density at radius 3 is 2.56 bits per heavy atom. The minimum absolute atomic E-state index is 0.00310. The van der Waals surface area contributed by atoms with Crippen molar-refractivity contribution in [2.24, 2.45) is 5.92 Å². The Hall–Kier alpha value is -3.60. The van der Waals surface area contributed by atoms with Gasteiger partial charge in [0.2, 0.25) is 5.78 Å². The van der Waals surface area contributed by atoms with Crippen LogP contribution in [0, 0.1) is 29.2 Å². The lowest BCUT2D eigenvalue weighted by atomic mass is 10.0. The van der Waals surface area contributed by atoms with Gasteiger partial charge < -0.3 is 15.0 Å². The van der Waals surface area contributed by atoms with E-state index < -0.39 is 34.6 Å². The number of rotatable bonds is 8. The molecule has 0 aliphatic heterocycles. The number of H-pyrrole nitrogens is 1. The van der Waals surface area contributed by atoms with Crippen LogP contribution in [0.15, 0.2) is 47.8 Å². The minimum Gasteiger partial charge on any atom is -0.369 e. The SMILES string of the molecule is O=C(c1c(F)ccc(NSc2c(F)cccc2F)c1F)c1c[nH]c2ncnc(NCC3CC3)c12. The third kappa shape index (κ3) is 4.18. The Labute approximate surface area is 195 Å². The molecule has 0 spiro atoms. The van der Waals surface area contributed by atoms with Gasteiger partial charge in [-0.25, -0.2) is 27.5 Å². The lowest BCUT2D eigenvalue weighted by Crippen LogP contribution is -2.11. The molecule has 4 aromatic rings. The molecule has 0 radical (unpaired) electrons. The zero-order chi connectivity index (χ0) is 23.8. The number of nitrogens with zero attached hydrogens (tertiary/aromatic N) is 2. The third-order valence-electron chi connectivity index (χ3n) is 5.47. The number of hydrogen-bond donors (Lipinski definition) is 3. The summed E-state index contributed by atoms with van der Waals surface area (Å²) < 4.78 is 60.1. The van der Waals surface area contributed by atoms with Crippen molar-refractivity contribution in [2.75, 3.05) is 16.6 Å². The Morgan fingerprint density at radius 1 is 1.06 bits per heavy atom. The van der Waals surface area contributed by atoms with E-state index in [1.54, 1.807) is 0 Å². The Kier molecular flexibility index (Phi) is 5.86. The standard InChI is InChI=1S/C23H17F4N5OS/c24-13-6-7-16(32-34-21-14(25)2-1-3-15(21)26)19(27)18(13)20(33)12-9-29-23-17(12)22(30-10-31-23)28-8-11-4-5-11/h1-3,6-7,9-11,32H,4-5,8H2,(H2,28,29,30,31). The number of nitrogens with one attached hydrogen (secondary N) is 3. The predicted octanol–water partition coefficient (Wildman–Crippen LogP) is 5.69. The number of halogens is 4. The van der Waals surface area contributed by atoms with Gasteiger partial charge in [0.05, 0.1) is 27.1 Å². The molecule has 2 aromatic carbocycles. The molecule has 2 aromatic heterocycles. The molecule has 0 saturated heterocycles. The second kappa shape index (κ2) is 8.98. The number of carbonyl (C=O) groups excluding carboxylic acids is 1. The monoisotopic (exact) mass is 487 g/mol. The fourth-order valence-corrected chi connectivity index (χ4v) is 4.20. The first kappa shape index (κ1) is 22.2. The van der Waals surface area contributed by atoms with Gasteiger partial charge in [0, 0.05) is 12.7 Å². The second-order valence-electron chi connectivity index (χ2n) is 7.84. The normalized spacial score (nSPS) is 13.3. The van der Waals surface area contributed by atoms with Crippen LogP contribution in [-0.4, -0.2) is 27.3 Å². The van der Waals surface area contributed by atoms with Crippen LogP contribution in [0.2, 0.25) is 0 Å². The van der Waals surface area contributed by atoms with E-state index in [2.05, 4.69) is 25.0 Å². The van der Waals surface area contributed by atoms with Crippen LogP contribution in [0.1, 0.15) is 28.8 Å². The molecule has 1 saturated carbocycles. The summed E-state index contributed by atoms with van der Waals surface area (Å²) in [6, 6.07) is 5.26. The minimum atomic E-state index is -1.19. The molecule has 5 rings (SSSR count). The summed E-state index contributed by atoms with van der Waals surface area (Å²) in [6.45, 7) is 0.664. The molecule has 0 bridgehead atoms. The van der Waals surface area contributed by atoms with Crippen molar-refractivity contribution < 1.29 is 22.4 Å². The number of fused-ring (bicyclic) bond motifs is 1. The fraction of sp³-hybridized carbons (Fsp3) is 0.174. The fourth-order valence-electron chi connectivity index (χ4n) is 3.50. The van der Waals surface area contributed by atoms with Crippen molar-refractivity contribution in [1.82, 2.24) is 15.0 Å². The smallest absolute Gasteiger partial charge is 0.201 e. The summed E-state index contributed by atoms with van der Waals surface area (Å²) in [4.78, 5) is 24.0. The number of anilines is 2. The Bertz CT molecular complexity index is 1390. The molecule has 0 atom stereocenters. The van der Waals surface area contributed by atoms with Crippen LogP contribution in [0.25, 0.3) is 11.0 Å². The molecular weight excluding hydrogens is 470 g/mol. The van der Waals surface area contributed by atoms with Crippen LogP contribution >= 0.6 is 11.9 Å². The van der Waals surface area contributed by atoms with E-state index in [-0.39, 0.29) is 16.1 Å². The predicted molar refractivity (Wildman–Crippen MR) is 121 cm³/mol. The summed E-state index contributed by atoms with van der Waals surface area (Å²) in [7, 11) is 0. The molecule has 174 valence electrons. The van der Waals surface area contributed by atoms with Gasteiger partial charge in [-0.1, -0.05) is 6.07 Å². The van der Waals surface area contributed by atoms with E-state index in [0.717, 1.165) is 37.1 Å². The van der Waals surface area contributed by atoms with E-state index in [1.165, 1.54) is 18.6 Å². The number of carbonyl (C=O) groups is 1. The lowest BCUT2D eigenvalue weighted by molar-refractivity contribution is 0.103. The van der Waals surface area contributed by atoms with Crippen molar-refractivity contribution in [3.63, 3.8) is 0 Å². The van der Waals surface area contributed by atoms with Crippen LogP contribution in [0.4, 0.5) is 29.1 Å². The summed E-state index contributed by atoms with van der Waals surface area (Å²) >= 11 is 0.475. The highest BCUT2D eigenvalue weighted by atomic mass is 32.2. The first-order chi connectivity index (χ1) is 16.4. The maximum atomic E-state index is 15.3. The zero-order valence-electron chi connectivity index (χ0n) is 17.5. The van der Waals surface area contributed by atoms with Gasteiger partial charge in [-0.3, -0.25) is 4.79 Å². The van der Waals surface area contributed by atoms with Crippen molar-refractivity contribution in [2.45, 2.75) is 17.7 Å². The number of hydrogen-bond acceptors (Lipinski definition) is 6. The molecule has 11 heteroatoms. The van der Waals surface area contributed by atoms with Crippen LogP contribution in [0.3, 0.4) is 0 Å². The average Bonchev–Trinajstić information content (AvgIpc) is 3.54. The molecule has 2 heterocycles. The summed E-state index contributed by atoms with van der Waals surface area (Å²) in [5.41, 5.74) is -0.771. The van der Waals surface area contributed by atoms with Crippen molar-refractivity contribution >= 4 is 40.3 Å². The number of aromatic nitrogens is 3. The molecule has 0 amide bonds. The summed E-state index contributed by atoms with van der Waals surface area (Å²) in [5, 5.41) is 3.50. The van der Waals surface area contributed by atoms with E-state index in [1.807, 2.05) is 0 Å². The van der Waals surface area contributed by atoms with Crippen molar-refractivity contribution in [3.8, 4) is 0 Å². The first-order valence-electron chi connectivity index (χ1n) is 10.4. The number of benzene rings is 2. The van der Waals surface area contributed by atoms with Gasteiger partial charge in [0.25, 0.3) is 0 Å². The molecule has 3 N–H and O–H groups in total. The topological polar surface area (TPSA) is 82.7 Å². The van der Waals surface area contributed by atoms with E-state index >= 15 is 4.39 Å². The van der Waals surface area contributed by atoms with Gasteiger partial charge in [0.15, 0.2) is 5.82 Å². The van der Waals surface area contributed by atoms with Crippen molar-refractivity contribution in [3.05, 3.63) is 77.3 Å². The summed E-state index contributed by atoms with van der Waals surface area (Å²) in [5.74, 6) is -3.96. The highest BCUT2D eigenvalue weighted by Gasteiger charge is 2.27. The average molecular weight is 487 g/mol. The Morgan fingerprint density at radius 2 is 1.82 bits per heavy atom. The molecule has 6 nitrogen and oxygen atoms in total. The summed E-state index contributed by atoms with van der Waals surface area (Å²) in [6.07, 6.45) is 4.86. The molecule has 1 fully saturated rings. The van der Waals surface area contributed by atoms with E-state index in [0.29, 0.717) is 41.3 Å². The molecular formula is C23H17F4N5OS. The number of aromatic amines is 1. The maximum Gasteiger partial charge on any atom is 0.201 e. The van der Waals surface area contributed by atoms with Gasteiger partial charge in [-0.2, -0.15) is 0 Å². The molecule has 0 unspecified atom stereocenters.